The van der Waals surface area contributed by atoms with Gasteiger partial charge < -0.3 is 15.3 Å². The van der Waals surface area contributed by atoms with Gasteiger partial charge in [-0.15, -0.1) is 0 Å². The quantitative estimate of drug-likeness (QED) is 0.862. The average Bonchev–Trinajstić information content (AvgIpc) is 2.89. The molecule has 1 aromatic rings. The van der Waals surface area contributed by atoms with Gasteiger partial charge in [-0.3, -0.25) is 0 Å². The minimum absolute atomic E-state index is 0.00703. The normalized spacial score (nSPS) is 17.1. The van der Waals surface area contributed by atoms with Gasteiger partial charge in [0.05, 0.1) is 0 Å². The first kappa shape index (κ1) is 12.4. The Morgan fingerprint density at radius 3 is 2.88 bits per heavy atom. The Hall–Kier alpha value is -1.07. The molecule has 4 nitrogen and oxygen atoms in total. The van der Waals surface area contributed by atoms with Crippen molar-refractivity contribution in [2.75, 3.05) is 19.7 Å². The summed E-state index contributed by atoms with van der Waals surface area (Å²) in [4.78, 5) is 13.7. The van der Waals surface area contributed by atoms with E-state index in [2.05, 4.69) is 5.32 Å². The van der Waals surface area contributed by atoms with Gasteiger partial charge in [-0.1, -0.05) is 0 Å². The highest BCUT2D eigenvalue weighted by atomic mass is 32.1. The molecule has 0 unspecified atom stereocenters. The van der Waals surface area contributed by atoms with Crippen molar-refractivity contribution in [1.29, 1.82) is 0 Å². The highest BCUT2D eigenvalue weighted by molar-refractivity contribution is 7.07. The van der Waals surface area contributed by atoms with Crippen LogP contribution in [0.15, 0.2) is 16.8 Å². The van der Waals surface area contributed by atoms with Crippen molar-refractivity contribution in [2.45, 2.75) is 19.4 Å². The molecule has 0 saturated carbocycles. The van der Waals surface area contributed by atoms with E-state index in [0.29, 0.717) is 12.5 Å². The Bertz CT molecular complexity index is 345. The molecule has 2 rings (SSSR count). The second-order valence-corrected chi connectivity index (χ2v) is 5.18. The van der Waals surface area contributed by atoms with E-state index in [-0.39, 0.29) is 12.6 Å². The number of nitrogens with one attached hydrogen (secondary N) is 1. The van der Waals surface area contributed by atoms with Crippen molar-refractivity contribution in [2.24, 2.45) is 5.92 Å². The summed E-state index contributed by atoms with van der Waals surface area (Å²) < 4.78 is 0. The lowest BCUT2D eigenvalue weighted by Crippen LogP contribution is -2.44. The zero-order chi connectivity index (χ0) is 12.1. The van der Waals surface area contributed by atoms with Crippen LogP contribution in [-0.4, -0.2) is 35.7 Å². The third-order valence-corrected chi connectivity index (χ3v) is 3.92. The molecule has 2 N–H and O–H groups in total. The van der Waals surface area contributed by atoms with Crippen LogP contribution in [0.4, 0.5) is 4.79 Å². The molecule has 94 valence electrons. The third kappa shape index (κ3) is 3.44. The van der Waals surface area contributed by atoms with Gasteiger partial charge in [-0.25, -0.2) is 4.79 Å². The lowest BCUT2D eigenvalue weighted by atomic mass is 9.98. The SMILES string of the molecule is O=C(NCc1ccsc1)N1CCC(CO)CC1. The monoisotopic (exact) mass is 254 g/mol. The maximum atomic E-state index is 11.8. The van der Waals surface area contributed by atoms with Crippen molar-refractivity contribution in [1.82, 2.24) is 10.2 Å². The molecule has 0 spiro atoms. The van der Waals surface area contributed by atoms with Crippen LogP contribution >= 0.6 is 11.3 Å². The van der Waals surface area contributed by atoms with Crippen LogP contribution in [-0.2, 0) is 6.54 Å². The van der Waals surface area contributed by atoms with Gasteiger partial charge in [-0.05, 0) is 41.1 Å². The molecule has 0 bridgehead atoms. The standard InChI is InChI=1S/C12H18N2O2S/c15-8-10-1-4-14(5-2-10)12(16)13-7-11-3-6-17-9-11/h3,6,9-10,15H,1-2,4-5,7-8H2,(H,13,16). The van der Waals surface area contributed by atoms with E-state index in [0.717, 1.165) is 31.5 Å². The van der Waals surface area contributed by atoms with Gasteiger partial charge in [-0.2, -0.15) is 11.3 Å². The van der Waals surface area contributed by atoms with Crippen LogP contribution in [0, 0.1) is 5.92 Å². The van der Waals surface area contributed by atoms with E-state index in [9.17, 15) is 4.79 Å². The summed E-state index contributed by atoms with van der Waals surface area (Å²) >= 11 is 1.64. The summed E-state index contributed by atoms with van der Waals surface area (Å²) in [6, 6.07) is 2.02. The number of aliphatic hydroxyl groups is 1. The molecule has 1 saturated heterocycles. The predicted molar refractivity (Wildman–Crippen MR) is 67.9 cm³/mol. The van der Waals surface area contributed by atoms with Crippen LogP contribution in [0.3, 0.4) is 0 Å². The Labute approximate surface area is 105 Å². The van der Waals surface area contributed by atoms with E-state index in [1.165, 1.54) is 0 Å². The smallest absolute Gasteiger partial charge is 0.317 e. The van der Waals surface area contributed by atoms with Crippen molar-refractivity contribution in [3.05, 3.63) is 22.4 Å². The molecule has 2 heterocycles. The Morgan fingerprint density at radius 2 is 2.29 bits per heavy atom. The summed E-state index contributed by atoms with van der Waals surface area (Å²) in [5, 5.41) is 16.0. The fraction of sp³-hybridized carbons (Fsp3) is 0.583. The van der Waals surface area contributed by atoms with E-state index in [4.69, 9.17) is 5.11 Å². The molecule has 0 atom stereocenters. The maximum Gasteiger partial charge on any atom is 0.317 e. The molecule has 17 heavy (non-hydrogen) atoms. The summed E-state index contributed by atoms with van der Waals surface area (Å²) in [6.45, 7) is 2.34. The number of hydrogen-bond acceptors (Lipinski definition) is 3. The Morgan fingerprint density at radius 1 is 1.53 bits per heavy atom. The predicted octanol–water partition coefficient (Wildman–Crippen LogP) is 1.66. The molecule has 2 amide bonds. The van der Waals surface area contributed by atoms with E-state index < -0.39 is 0 Å². The lowest BCUT2D eigenvalue weighted by molar-refractivity contribution is 0.137. The van der Waals surface area contributed by atoms with Gasteiger partial charge in [0.2, 0.25) is 0 Å². The molecule has 5 heteroatoms. The summed E-state index contributed by atoms with van der Waals surface area (Å²) in [5.74, 6) is 0.371. The fourth-order valence-electron chi connectivity index (χ4n) is 2.00. The molecule has 1 aromatic heterocycles. The summed E-state index contributed by atoms with van der Waals surface area (Å²) in [6.07, 6.45) is 1.81. The van der Waals surface area contributed by atoms with Crippen LogP contribution < -0.4 is 5.32 Å². The van der Waals surface area contributed by atoms with Crippen LogP contribution in [0.1, 0.15) is 18.4 Å². The second kappa shape index (κ2) is 6.02. The van der Waals surface area contributed by atoms with Crippen LogP contribution in [0.2, 0.25) is 0 Å². The largest absolute Gasteiger partial charge is 0.396 e. The van der Waals surface area contributed by atoms with Crippen LogP contribution in [0.5, 0.6) is 0 Å². The van der Waals surface area contributed by atoms with E-state index >= 15 is 0 Å². The van der Waals surface area contributed by atoms with Gasteiger partial charge >= 0.3 is 6.03 Å². The molecule has 0 aromatic carbocycles. The number of aliphatic hydroxyl groups excluding tert-OH is 1. The second-order valence-electron chi connectivity index (χ2n) is 4.40. The molecule has 1 aliphatic heterocycles. The van der Waals surface area contributed by atoms with Crippen molar-refractivity contribution < 1.29 is 9.90 Å². The zero-order valence-electron chi connectivity index (χ0n) is 9.76. The average molecular weight is 254 g/mol. The molecule has 1 fully saturated rings. The number of rotatable bonds is 3. The third-order valence-electron chi connectivity index (χ3n) is 3.18. The fourth-order valence-corrected chi connectivity index (χ4v) is 2.67. The number of urea groups is 1. The minimum Gasteiger partial charge on any atom is -0.396 e. The van der Waals surface area contributed by atoms with Crippen molar-refractivity contribution >= 4 is 17.4 Å². The Kier molecular flexibility index (Phi) is 4.39. The topological polar surface area (TPSA) is 52.6 Å². The zero-order valence-corrected chi connectivity index (χ0v) is 10.6. The first-order chi connectivity index (χ1) is 8.29. The number of amides is 2. The number of likely N-dealkylation sites (tertiary alicyclic amines) is 1. The van der Waals surface area contributed by atoms with Gasteiger partial charge in [0.25, 0.3) is 0 Å². The summed E-state index contributed by atoms with van der Waals surface area (Å²) in [5.41, 5.74) is 1.15. The number of thiophene rings is 1. The first-order valence-corrected chi connectivity index (χ1v) is 6.88. The first-order valence-electron chi connectivity index (χ1n) is 5.94. The molecular weight excluding hydrogens is 236 g/mol. The van der Waals surface area contributed by atoms with Crippen molar-refractivity contribution in [3.8, 4) is 0 Å². The molecule has 1 aliphatic rings. The number of hydrogen-bond donors (Lipinski definition) is 2. The van der Waals surface area contributed by atoms with Gasteiger partial charge in [0.1, 0.15) is 0 Å². The molecule has 0 aliphatic carbocycles. The highest BCUT2D eigenvalue weighted by Crippen LogP contribution is 2.16. The van der Waals surface area contributed by atoms with Crippen molar-refractivity contribution in [3.63, 3.8) is 0 Å². The minimum atomic E-state index is 0.00703. The molecule has 0 radical (unpaired) electrons. The lowest BCUT2D eigenvalue weighted by Gasteiger charge is -2.31. The highest BCUT2D eigenvalue weighted by Gasteiger charge is 2.21. The molecular formula is C12H18N2O2S. The van der Waals surface area contributed by atoms with Crippen LogP contribution in [0.25, 0.3) is 0 Å². The Balaban J connectivity index is 1.73. The maximum absolute atomic E-state index is 11.8. The number of nitrogens with zero attached hydrogens (tertiary/aromatic N) is 1. The number of carbonyl (C=O) groups excluding carboxylic acids is 1. The van der Waals surface area contributed by atoms with Gasteiger partial charge in [0.15, 0.2) is 0 Å². The van der Waals surface area contributed by atoms with E-state index in [1.807, 2.05) is 21.7 Å². The number of piperidine rings is 1. The van der Waals surface area contributed by atoms with E-state index in [1.54, 1.807) is 11.3 Å². The van der Waals surface area contributed by atoms with Gasteiger partial charge in [0, 0.05) is 26.2 Å². The number of carbonyl (C=O) groups is 1. The summed E-state index contributed by atoms with van der Waals surface area (Å²) in [7, 11) is 0.